The molecule has 240 valence electrons. The van der Waals surface area contributed by atoms with Crippen LogP contribution in [-0.4, -0.2) is 0 Å². The topological polar surface area (TPSA) is 190 Å². The van der Waals surface area contributed by atoms with Gasteiger partial charge in [-0.15, -0.1) is 6.42 Å². The van der Waals surface area contributed by atoms with Crippen molar-refractivity contribution in [2.24, 2.45) is 0 Å². The van der Waals surface area contributed by atoms with E-state index in [1.165, 1.54) is 0 Å². The lowest BCUT2D eigenvalue weighted by Crippen LogP contribution is -2.06. The summed E-state index contributed by atoms with van der Waals surface area (Å²) in [5.74, 6) is -18.4. The van der Waals surface area contributed by atoms with Crippen LogP contribution in [0.5, 0.6) is 0 Å². The normalized spacial score (nSPS) is 13.1. The SMILES string of the molecule is C#CC(=C1C(=C(C#N)c2c(F)c(F)c(C#N)c(C#N)c2F)C1=C(C#N)c1c(F)c(F)c(C#N)c(C#N)c1F)c1c(F)c(F)c(C#N)c(C#N)c1F. The molecule has 0 unspecified atom stereocenters. The number of hydrogen-bond donors (Lipinski definition) is 0. The Morgan fingerprint density at radius 3 is 0.765 bits per heavy atom. The van der Waals surface area contributed by atoms with Crippen molar-refractivity contribution in [2.45, 2.75) is 0 Å². The van der Waals surface area contributed by atoms with Crippen molar-refractivity contribution < 1.29 is 39.5 Å². The highest BCUT2D eigenvalue weighted by molar-refractivity contribution is 6.12. The summed E-state index contributed by atoms with van der Waals surface area (Å²) >= 11 is 0. The first-order chi connectivity index (χ1) is 24.2. The fourth-order valence-electron chi connectivity index (χ4n) is 4.95. The van der Waals surface area contributed by atoms with Gasteiger partial charge in [-0.2, -0.15) is 42.1 Å². The predicted octanol–water partition coefficient (Wildman–Crippen LogP) is 6.52. The second-order valence-corrected chi connectivity index (χ2v) is 9.49. The van der Waals surface area contributed by atoms with Gasteiger partial charge in [-0.25, -0.2) is 39.5 Å². The molecule has 0 spiro atoms. The van der Waals surface area contributed by atoms with Gasteiger partial charge in [-0.3, -0.25) is 0 Å². The van der Waals surface area contributed by atoms with E-state index < -0.39 is 136 Å². The Kier molecular flexibility index (Phi) is 9.13. The summed E-state index contributed by atoms with van der Waals surface area (Å²) in [6, 6.07) is 8.52. The van der Waals surface area contributed by atoms with E-state index in [9.17, 15) is 39.5 Å². The van der Waals surface area contributed by atoms with Crippen LogP contribution in [0.4, 0.5) is 39.5 Å². The Morgan fingerprint density at radius 2 is 0.549 bits per heavy atom. The average molecular weight is 692 g/mol. The molecule has 1 fully saturated rings. The van der Waals surface area contributed by atoms with Crippen molar-refractivity contribution in [3.63, 3.8) is 0 Å². The van der Waals surface area contributed by atoms with E-state index in [-0.39, 0.29) is 0 Å². The summed E-state index contributed by atoms with van der Waals surface area (Å²) < 4.78 is 138. The molecule has 17 heteroatoms. The van der Waals surface area contributed by atoms with Crippen molar-refractivity contribution in [3.8, 4) is 60.9 Å². The average Bonchev–Trinajstić information content (AvgIpc) is 3.84. The summed E-state index contributed by atoms with van der Waals surface area (Å²) in [6.45, 7) is 0. The van der Waals surface area contributed by atoms with Crippen molar-refractivity contribution in [2.75, 3.05) is 0 Å². The lowest BCUT2D eigenvalue weighted by molar-refractivity contribution is 0.488. The first kappa shape index (κ1) is 35.6. The highest BCUT2D eigenvalue weighted by Crippen LogP contribution is 2.57. The maximum Gasteiger partial charge on any atom is 0.178 e. The molecule has 0 aromatic heterocycles. The van der Waals surface area contributed by atoms with Crippen LogP contribution in [0.3, 0.4) is 0 Å². The molecule has 3 aromatic carbocycles. The Labute approximate surface area is 278 Å². The van der Waals surface area contributed by atoms with Gasteiger partial charge in [0, 0.05) is 22.3 Å². The molecule has 4 rings (SSSR count). The molecule has 0 N–H and O–H groups in total. The lowest BCUT2D eigenvalue weighted by Gasteiger charge is -2.09. The van der Waals surface area contributed by atoms with Crippen molar-refractivity contribution in [3.05, 3.63) is 119 Å². The van der Waals surface area contributed by atoms with Crippen LogP contribution in [0, 0.1) is 155 Å². The second-order valence-electron chi connectivity index (χ2n) is 9.49. The van der Waals surface area contributed by atoms with Gasteiger partial charge < -0.3 is 0 Å². The zero-order chi connectivity index (χ0) is 38.2. The monoisotopic (exact) mass is 692 g/mol. The highest BCUT2D eigenvalue weighted by Gasteiger charge is 2.45. The number of rotatable bonds is 3. The fourth-order valence-corrected chi connectivity index (χ4v) is 4.95. The van der Waals surface area contributed by atoms with Gasteiger partial charge in [0.2, 0.25) is 0 Å². The second kappa shape index (κ2) is 13.1. The maximum absolute atomic E-state index is 15.6. The molecule has 51 heavy (non-hydrogen) atoms. The lowest BCUT2D eigenvalue weighted by atomic mass is 9.95. The third-order valence-corrected chi connectivity index (χ3v) is 7.19. The predicted molar refractivity (Wildman–Crippen MR) is 148 cm³/mol. The molecule has 0 saturated heterocycles. The summed E-state index contributed by atoms with van der Waals surface area (Å²) in [4.78, 5) is 0. The van der Waals surface area contributed by atoms with E-state index in [4.69, 9.17) is 22.2 Å². The van der Waals surface area contributed by atoms with E-state index >= 15 is 26.3 Å². The summed E-state index contributed by atoms with van der Waals surface area (Å²) in [7, 11) is 0. The maximum atomic E-state index is 15.6. The van der Waals surface area contributed by atoms with Gasteiger partial charge >= 0.3 is 0 Å². The molecule has 3 aromatic rings. The number of hydrogen-bond acceptors (Lipinski definition) is 8. The molecule has 8 nitrogen and oxygen atoms in total. The minimum absolute atomic E-state index is 1.02. The van der Waals surface area contributed by atoms with Gasteiger partial charge in [-0.1, -0.05) is 5.92 Å². The number of benzene rings is 3. The smallest absolute Gasteiger partial charge is 0.178 e. The quantitative estimate of drug-likeness (QED) is 0.128. The number of allylic oxidation sites excluding steroid dienone is 6. The summed E-state index contributed by atoms with van der Waals surface area (Å²) in [6.07, 6.45) is 5.42. The molecule has 1 aliphatic carbocycles. The molecule has 1 aliphatic rings. The largest absolute Gasteiger partial charge is 0.205 e. The number of halogens is 9. The van der Waals surface area contributed by atoms with Gasteiger partial charge in [0.05, 0.1) is 27.8 Å². The van der Waals surface area contributed by atoms with Crippen LogP contribution in [-0.2, 0) is 0 Å². The Balaban J connectivity index is 2.43. The van der Waals surface area contributed by atoms with E-state index in [0.717, 1.165) is 48.6 Å². The standard InChI is InChI=1S/C34HF9N8/c1-2-11(23-26(35)12(3-44)15(6-47)29(38)32(23)41)20-21(18(9-50)24-27(36)13(4-45)16(7-48)30(39)33(24)42)22(20)19(10-51)25-28(37)14(5-46)17(8-49)31(40)34(25)43/h1H. The third-order valence-electron chi connectivity index (χ3n) is 7.19. The minimum Gasteiger partial charge on any atom is -0.205 e. The van der Waals surface area contributed by atoms with Crippen molar-refractivity contribution >= 4 is 16.7 Å². The molecule has 0 bridgehead atoms. The molecular formula is C34HF9N8. The first-order valence-corrected chi connectivity index (χ1v) is 12.8. The number of nitriles is 8. The molecule has 0 aliphatic heterocycles. The Bertz CT molecular complexity index is 2420. The molecular weight excluding hydrogens is 691 g/mol. The van der Waals surface area contributed by atoms with Crippen LogP contribution in [0.15, 0.2) is 16.7 Å². The van der Waals surface area contributed by atoms with E-state index in [1.54, 1.807) is 5.92 Å². The summed E-state index contributed by atoms with van der Waals surface area (Å²) in [5.41, 5.74) is -22.3. The zero-order valence-electron chi connectivity index (χ0n) is 24.1. The minimum atomic E-state index is -2.36. The van der Waals surface area contributed by atoms with Gasteiger partial charge in [0.1, 0.15) is 81.9 Å². The van der Waals surface area contributed by atoms with Gasteiger partial charge in [-0.05, 0) is 0 Å². The van der Waals surface area contributed by atoms with E-state index in [1.807, 2.05) is 0 Å². The van der Waals surface area contributed by atoms with Crippen molar-refractivity contribution in [1.29, 1.82) is 42.1 Å². The van der Waals surface area contributed by atoms with Crippen molar-refractivity contribution in [1.82, 2.24) is 0 Å². The zero-order valence-corrected chi connectivity index (χ0v) is 24.1. The van der Waals surface area contributed by atoms with Crippen LogP contribution >= 0.6 is 0 Å². The van der Waals surface area contributed by atoms with Gasteiger partial charge in [0.25, 0.3) is 0 Å². The van der Waals surface area contributed by atoms with Crippen LogP contribution in [0.2, 0.25) is 0 Å². The van der Waals surface area contributed by atoms with Gasteiger partial charge in [0.15, 0.2) is 52.4 Å². The Morgan fingerprint density at radius 1 is 0.333 bits per heavy atom. The third kappa shape index (κ3) is 4.92. The number of nitrogens with zero attached hydrogens (tertiary/aromatic N) is 8. The Hall–Kier alpha value is -8.27. The fraction of sp³-hybridized carbons (Fsp3) is 0. The van der Waals surface area contributed by atoms with Crippen LogP contribution in [0.25, 0.3) is 16.7 Å². The van der Waals surface area contributed by atoms with Crippen LogP contribution in [0.1, 0.15) is 50.1 Å². The summed E-state index contributed by atoms with van der Waals surface area (Å²) in [5, 5.41) is 75.5. The van der Waals surface area contributed by atoms with E-state index in [0.29, 0.717) is 0 Å². The van der Waals surface area contributed by atoms with Crippen LogP contribution < -0.4 is 0 Å². The molecule has 0 heterocycles. The molecule has 1 saturated carbocycles. The molecule has 0 radical (unpaired) electrons. The first-order valence-electron chi connectivity index (χ1n) is 12.8. The molecule has 0 atom stereocenters. The highest BCUT2D eigenvalue weighted by atomic mass is 19.2. The molecule has 0 amide bonds. The number of terminal acetylenes is 1. The van der Waals surface area contributed by atoms with E-state index in [2.05, 4.69) is 0 Å².